The number of nitrogens with one attached hydrogen (secondary N) is 1. The Bertz CT molecular complexity index is 532. The van der Waals surface area contributed by atoms with E-state index in [0.717, 1.165) is 12.8 Å². The van der Waals surface area contributed by atoms with Gasteiger partial charge in [0, 0.05) is 18.8 Å². The Kier molecular flexibility index (Phi) is 4.32. The highest BCUT2D eigenvalue weighted by Gasteiger charge is 2.43. The van der Waals surface area contributed by atoms with Crippen LogP contribution in [0.2, 0.25) is 0 Å². The molecule has 1 amide bonds. The van der Waals surface area contributed by atoms with Crippen LogP contribution < -0.4 is 11.1 Å². The number of nitrogens with zero attached hydrogens (tertiary/aromatic N) is 2. The summed E-state index contributed by atoms with van der Waals surface area (Å²) in [5.74, 6) is -0.970. The molecule has 1 unspecified atom stereocenters. The van der Waals surface area contributed by atoms with Crippen molar-refractivity contribution in [3.8, 4) is 0 Å². The Hall–Kier alpha value is -1.89. The van der Waals surface area contributed by atoms with Gasteiger partial charge in [-0.25, -0.2) is 4.79 Å². The molecule has 1 aliphatic carbocycles. The molecule has 7 nitrogen and oxygen atoms in total. The SMILES string of the molecule is CC1CCC(NC(=O)C(N)c2cnn(C)c2)(C(=O)O)CC1. The van der Waals surface area contributed by atoms with E-state index in [1.807, 2.05) is 0 Å². The molecule has 0 radical (unpaired) electrons. The van der Waals surface area contributed by atoms with Crippen LogP contribution in [0.3, 0.4) is 0 Å². The molecule has 4 N–H and O–H groups in total. The highest BCUT2D eigenvalue weighted by molar-refractivity contribution is 5.90. The van der Waals surface area contributed by atoms with Crippen LogP contribution in [0.15, 0.2) is 12.4 Å². The number of hydrogen-bond donors (Lipinski definition) is 3. The van der Waals surface area contributed by atoms with Crippen molar-refractivity contribution in [2.24, 2.45) is 18.7 Å². The van der Waals surface area contributed by atoms with Crippen LogP contribution in [0.1, 0.15) is 44.2 Å². The molecule has 1 aliphatic rings. The highest BCUT2D eigenvalue weighted by atomic mass is 16.4. The van der Waals surface area contributed by atoms with Crippen LogP contribution in [-0.2, 0) is 16.6 Å². The second-order valence-corrected chi connectivity index (χ2v) is 5.98. The number of amides is 1. The first-order chi connectivity index (χ1) is 9.84. The second kappa shape index (κ2) is 5.85. The molecule has 1 fully saturated rings. The first-order valence-electron chi connectivity index (χ1n) is 7.13. The summed E-state index contributed by atoms with van der Waals surface area (Å²) in [6, 6.07) is -0.908. The number of nitrogens with two attached hydrogens (primary N) is 1. The Morgan fingerprint density at radius 1 is 1.52 bits per heavy atom. The number of carboxylic acids is 1. The predicted octanol–water partition coefficient (Wildman–Crippen LogP) is 0.570. The van der Waals surface area contributed by atoms with E-state index in [4.69, 9.17) is 5.73 Å². The van der Waals surface area contributed by atoms with Crippen LogP contribution in [0, 0.1) is 5.92 Å². The van der Waals surface area contributed by atoms with Gasteiger partial charge in [0.1, 0.15) is 11.6 Å². The van der Waals surface area contributed by atoms with E-state index in [-0.39, 0.29) is 0 Å². The van der Waals surface area contributed by atoms with Gasteiger partial charge in [-0.3, -0.25) is 9.48 Å². The molecule has 0 spiro atoms. The second-order valence-electron chi connectivity index (χ2n) is 5.98. The molecule has 1 aromatic rings. The number of carboxylic acid groups (broad SMARTS) is 1. The molecule has 0 saturated heterocycles. The van der Waals surface area contributed by atoms with Gasteiger partial charge in [-0.05, 0) is 31.6 Å². The lowest BCUT2D eigenvalue weighted by Gasteiger charge is -2.37. The number of aryl methyl sites for hydroxylation is 1. The Labute approximate surface area is 123 Å². The fourth-order valence-electron chi connectivity index (χ4n) is 2.71. The quantitative estimate of drug-likeness (QED) is 0.752. The van der Waals surface area contributed by atoms with Gasteiger partial charge in [-0.2, -0.15) is 5.10 Å². The first kappa shape index (κ1) is 15.5. The van der Waals surface area contributed by atoms with Gasteiger partial charge in [0.2, 0.25) is 5.91 Å². The minimum atomic E-state index is -1.19. The van der Waals surface area contributed by atoms with E-state index >= 15 is 0 Å². The topological polar surface area (TPSA) is 110 Å². The zero-order valence-electron chi connectivity index (χ0n) is 12.4. The number of carbonyl (C=O) groups excluding carboxylic acids is 1. The minimum absolute atomic E-state index is 0.439. The lowest BCUT2D eigenvalue weighted by Crippen LogP contribution is -2.57. The fraction of sp³-hybridized carbons (Fsp3) is 0.643. The van der Waals surface area contributed by atoms with Crippen LogP contribution in [0.4, 0.5) is 0 Å². The molecule has 1 atom stereocenters. The molecule has 1 saturated carbocycles. The summed E-state index contributed by atoms with van der Waals surface area (Å²) in [5, 5.41) is 16.1. The van der Waals surface area contributed by atoms with Crippen molar-refractivity contribution in [1.82, 2.24) is 15.1 Å². The summed E-state index contributed by atoms with van der Waals surface area (Å²) in [6.07, 6.45) is 5.62. The van der Waals surface area contributed by atoms with E-state index in [1.165, 1.54) is 6.20 Å². The average molecular weight is 294 g/mol. The van der Waals surface area contributed by atoms with E-state index in [2.05, 4.69) is 17.3 Å². The summed E-state index contributed by atoms with van der Waals surface area (Å²) < 4.78 is 1.55. The summed E-state index contributed by atoms with van der Waals surface area (Å²) in [7, 11) is 1.73. The molecule has 1 heterocycles. The Morgan fingerprint density at radius 3 is 2.62 bits per heavy atom. The largest absolute Gasteiger partial charge is 0.480 e. The third-order valence-corrected chi connectivity index (χ3v) is 4.27. The van der Waals surface area contributed by atoms with Crippen LogP contribution in [0.25, 0.3) is 0 Å². The first-order valence-corrected chi connectivity index (χ1v) is 7.13. The van der Waals surface area contributed by atoms with E-state index in [1.54, 1.807) is 17.9 Å². The van der Waals surface area contributed by atoms with Crippen molar-refractivity contribution in [3.63, 3.8) is 0 Å². The van der Waals surface area contributed by atoms with Crippen molar-refractivity contribution in [1.29, 1.82) is 0 Å². The summed E-state index contributed by atoms with van der Waals surface area (Å²) >= 11 is 0. The molecule has 0 aromatic carbocycles. The number of rotatable bonds is 4. The lowest BCUT2D eigenvalue weighted by atomic mass is 9.77. The van der Waals surface area contributed by atoms with Gasteiger partial charge in [-0.1, -0.05) is 6.92 Å². The smallest absolute Gasteiger partial charge is 0.329 e. The third kappa shape index (κ3) is 3.24. The van der Waals surface area contributed by atoms with Gasteiger partial charge < -0.3 is 16.2 Å². The molecule has 116 valence electrons. The summed E-state index contributed by atoms with van der Waals surface area (Å²) in [5.41, 5.74) is 5.28. The van der Waals surface area contributed by atoms with Crippen LogP contribution >= 0.6 is 0 Å². The zero-order chi connectivity index (χ0) is 15.6. The van der Waals surface area contributed by atoms with Gasteiger partial charge in [0.15, 0.2) is 0 Å². The molecule has 0 aliphatic heterocycles. The third-order valence-electron chi connectivity index (χ3n) is 4.27. The number of aromatic nitrogens is 2. The van der Waals surface area contributed by atoms with Crippen molar-refractivity contribution in [3.05, 3.63) is 18.0 Å². The highest BCUT2D eigenvalue weighted by Crippen LogP contribution is 2.32. The van der Waals surface area contributed by atoms with Crippen molar-refractivity contribution in [2.45, 2.75) is 44.2 Å². The van der Waals surface area contributed by atoms with Gasteiger partial charge in [0.05, 0.1) is 6.20 Å². The molecule has 7 heteroatoms. The fourth-order valence-corrected chi connectivity index (χ4v) is 2.71. The normalized spacial score (nSPS) is 27.1. The molecular formula is C14H22N4O3. The average Bonchev–Trinajstić information content (AvgIpc) is 2.87. The van der Waals surface area contributed by atoms with E-state index in [0.29, 0.717) is 24.3 Å². The lowest BCUT2D eigenvalue weighted by molar-refractivity contribution is -0.150. The minimum Gasteiger partial charge on any atom is -0.480 e. The van der Waals surface area contributed by atoms with Gasteiger partial charge >= 0.3 is 5.97 Å². The maximum Gasteiger partial charge on any atom is 0.329 e. The van der Waals surface area contributed by atoms with Crippen molar-refractivity contribution >= 4 is 11.9 Å². The Morgan fingerprint density at radius 2 is 2.14 bits per heavy atom. The molecule has 21 heavy (non-hydrogen) atoms. The van der Waals surface area contributed by atoms with Crippen molar-refractivity contribution in [2.75, 3.05) is 0 Å². The zero-order valence-corrected chi connectivity index (χ0v) is 12.4. The Balaban J connectivity index is 2.10. The molecular weight excluding hydrogens is 272 g/mol. The van der Waals surface area contributed by atoms with E-state index in [9.17, 15) is 14.7 Å². The number of aliphatic carboxylic acids is 1. The number of carbonyl (C=O) groups is 2. The summed E-state index contributed by atoms with van der Waals surface area (Å²) in [6.45, 7) is 2.09. The van der Waals surface area contributed by atoms with Crippen molar-refractivity contribution < 1.29 is 14.7 Å². The standard InChI is InChI=1S/C14H22N4O3/c1-9-3-5-14(6-4-9,13(20)21)17-12(19)11(15)10-7-16-18(2)8-10/h7-9,11H,3-6,15H2,1-2H3,(H,17,19)(H,20,21). The number of hydrogen-bond acceptors (Lipinski definition) is 4. The van der Waals surface area contributed by atoms with Gasteiger partial charge in [-0.15, -0.1) is 0 Å². The molecule has 2 rings (SSSR count). The van der Waals surface area contributed by atoms with Gasteiger partial charge in [0.25, 0.3) is 0 Å². The van der Waals surface area contributed by atoms with Crippen LogP contribution in [0.5, 0.6) is 0 Å². The molecule has 1 aromatic heterocycles. The maximum absolute atomic E-state index is 12.3. The summed E-state index contributed by atoms with van der Waals surface area (Å²) in [4.78, 5) is 23.9. The van der Waals surface area contributed by atoms with Crippen LogP contribution in [-0.4, -0.2) is 32.3 Å². The predicted molar refractivity (Wildman–Crippen MR) is 76.3 cm³/mol. The molecule has 0 bridgehead atoms. The van der Waals surface area contributed by atoms with E-state index < -0.39 is 23.5 Å². The monoisotopic (exact) mass is 294 g/mol. The maximum atomic E-state index is 12.3.